The second-order valence-corrected chi connectivity index (χ2v) is 6.36. The lowest BCUT2D eigenvalue weighted by molar-refractivity contribution is -0.176. The lowest BCUT2D eigenvalue weighted by Crippen LogP contribution is -2.43. The monoisotopic (exact) mass is 466 g/mol. The predicted octanol–water partition coefficient (Wildman–Crippen LogP) is -2.73. The number of hydrogen-bond donors (Lipinski definition) is 6. The summed E-state index contributed by atoms with van der Waals surface area (Å²) in [5, 5.41) is 54.0. The van der Waals surface area contributed by atoms with Gasteiger partial charge in [0.25, 0.3) is 0 Å². The molecule has 0 aliphatic heterocycles. The molecule has 2 atom stereocenters. The van der Waals surface area contributed by atoms with Crippen LogP contribution in [0.15, 0.2) is 0 Å². The van der Waals surface area contributed by atoms with E-state index >= 15 is 0 Å². The second-order valence-electron chi connectivity index (χ2n) is 6.36. The van der Waals surface area contributed by atoms with Crippen molar-refractivity contribution in [2.75, 3.05) is 0 Å². The fraction of sp³-hybridized carbons (Fsp3) is 0.500. The van der Waals surface area contributed by atoms with Crippen LogP contribution in [0.5, 0.6) is 0 Å². The molecule has 0 aliphatic rings. The number of carbonyl (C=O) groups is 8. The second kappa shape index (κ2) is 11.5. The van der Waals surface area contributed by atoms with Gasteiger partial charge in [0.05, 0.1) is 38.5 Å². The number of hydrogen-bond acceptors (Lipinski definition) is 12. The Morgan fingerprint density at radius 1 is 0.500 bits per heavy atom. The van der Waals surface area contributed by atoms with Crippen LogP contribution in [0, 0.1) is 0 Å². The van der Waals surface area contributed by atoms with Crippen molar-refractivity contribution in [2.24, 2.45) is 0 Å². The first-order valence-corrected chi connectivity index (χ1v) is 8.33. The number of carboxylic acids is 4. The highest BCUT2D eigenvalue weighted by Gasteiger charge is 2.43. The maximum atomic E-state index is 11.5. The van der Waals surface area contributed by atoms with Crippen LogP contribution in [0.25, 0.3) is 0 Å². The van der Waals surface area contributed by atoms with E-state index in [1.54, 1.807) is 0 Å². The van der Waals surface area contributed by atoms with Crippen LogP contribution < -0.4 is 0 Å². The maximum absolute atomic E-state index is 11.5. The SMILES string of the molecule is O=C(O)CC(O)(CC(=O)OC(=O)CCC(=O)OC(=O)CC(O)(CC(=O)O)C(=O)O)C(=O)O. The number of esters is 4. The number of ether oxygens (including phenoxy) is 2. The standard InChI is InChI=1S/C16H18O16/c17-7(18)3-15(29,13(25)26)5-11(23)31-9(21)1-2-10(22)32-12(24)6-16(30,14(27)28)4-8(19)20/h29-30H,1-6H2,(H,17,18)(H,19,20)(H,25,26)(H,27,28). The van der Waals surface area contributed by atoms with Crippen molar-refractivity contribution in [3.63, 3.8) is 0 Å². The van der Waals surface area contributed by atoms with Crippen molar-refractivity contribution in [3.05, 3.63) is 0 Å². The first-order chi connectivity index (χ1) is 14.5. The third-order valence-corrected chi connectivity index (χ3v) is 3.55. The highest BCUT2D eigenvalue weighted by molar-refractivity contribution is 5.94. The molecule has 0 spiro atoms. The third kappa shape index (κ3) is 9.72. The van der Waals surface area contributed by atoms with E-state index in [0.717, 1.165) is 0 Å². The number of aliphatic hydroxyl groups is 2. The molecule has 0 fully saturated rings. The summed E-state index contributed by atoms with van der Waals surface area (Å²) in [6.45, 7) is 0. The van der Waals surface area contributed by atoms with E-state index in [4.69, 9.17) is 20.4 Å². The van der Waals surface area contributed by atoms with Gasteiger partial charge < -0.3 is 40.1 Å². The minimum atomic E-state index is -3.06. The van der Waals surface area contributed by atoms with Gasteiger partial charge in [0.2, 0.25) is 0 Å². The summed E-state index contributed by atoms with van der Waals surface area (Å²) in [6.07, 6.45) is -7.43. The Morgan fingerprint density at radius 2 is 0.781 bits per heavy atom. The molecule has 0 heterocycles. The maximum Gasteiger partial charge on any atom is 0.336 e. The van der Waals surface area contributed by atoms with Crippen LogP contribution in [-0.2, 0) is 47.8 Å². The van der Waals surface area contributed by atoms with Gasteiger partial charge in [-0.2, -0.15) is 0 Å². The first kappa shape index (κ1) is 28.1. The molecule has 0 aromatic carbocycles. The molecule has 6 N–H and O–H groups in total. The van der Waals surface area contributed by atoms with Crippen molar-refractivity contribution in [2.45, 2.75) is 49.7 Å². The summed E-state index contributed by atoms with van der Waals surface area (Å²) in [5.74, 6) is -13.8. The van der Waals surface area contributed by atoms with Gasteiger partial charge in [0.1, 0.15) is 0 Å². The molecule has 0 saturated heterocycles. The third-order valence-electron chi connectivity index (χ3n) is 3.55. The molecule has 2 unspecified atom stereocenters. The predicted molar refractivity (Wildman–Crippen MR) is 90.3 cm³/mol. The van der Waals surface area contributed by atoms with E-state index in [1.165, 1.54) is 0 Å². The van der Waals surface area contributed by atoms with Crippen molar-refractivity contribution >= 4 is 47.8 Å². The quantitative estimate of drug-likeness (QED) is 0.119. The molecule has 0 radical (unpaired) electrons. The van der Waals surface area contributed by atoms with Gasteiger partial charge in [-0.1, -0.05) is 0 Å². The van der Waals surface area contributed by atoms with Crippen LogP contribution in [-0.4, -0.2) is 89.6 Å². The van der Waals surface area contributed by atoms with E-state index in [2.05, 4.69) is 9.47 Å². The number of rotatable bonds is 13. The van der Waals surface area contributed by atoms with Crippen molar-refractivity contribution in [1.29, 1.82) is 0 Å². The minimum Gasteiger partial charge on any atom is -0.481 e. The first-order valence-electron chi connectivity index (χ1n) is 8.33. The number of carboxylic acid groups (broad SMARTS) is 4. The Kier molecular flexibility index (Phi) is 10.1. The zero-order valence-corrected chi connectivity index (χ0v) is 16.0. The number of carbonyl (C=O) groups excluding carboxylic acids is 4. The number of aliphatic carboxylic acids is 4. The van der Waals surface area contributed by atoms with Crippen molar-refractivity contribution in [1.82, 2.24) is 0 Å². The van der Waals surface area contributed by atoms with Crippen molar-refractivity contribution in [3.8, 4) is 0 Å². The average Bonchev–Trinajstić information content (AvgIpc) is 2.57. The topological polar surface area (TPSA) is 276 Å². The van der Waals surface area contributed by atoms with Gasteiger partial charge in [0.15, 0.2) is 11.2 Å². The van der Waals surface area contributed by atoms with Gasteiger partial charge in [-0.05, 0) is 0 Å². The van der Waals surface area contributed by atoms with E-state index in [-0.39, 0.29) is 0 Å². The molecule has 178 valence electrons. The minimum absolute atomic E-state index is 0.916. The summed E-state index contributed by atoms with van der Waals surface area (Å²) in [4.78, 5) is 89.0. The zero-order valence-electron chi connectivity index (χ0n) is 16.0. The van der Waals surface area contributed by atoms with Crippen LogP contribution in [0.4, 0.5) is 0 Å². The summed E-state index contributed by atoms with van der Waals surface area (Å²) in [5.41, 5.74) is -6.13. The molecule has 0 saturated carbocycles. The molecule has 0 aliphatic carbocycles. The smallest absolute Gasteiger partial charge is 0.336 e. The molecule has 32 heavy (non-hydrogen) atoms. The van der Waals surface area contributed by atoms with E-state index in [0.29, 0.717) is 0 Å². The van der Waals surface area contributed by atoms with Gasteiger partial charge >= 0.3 is 47.8 Å². The Hall–Kier alpha value is -3.92. The molecular weight excluding hydrogens is 448 g/mol. The molecule has 0 aromatic rings. The largest absolute Gasteiger partial charge is 0.481 e. The molecular formula is C16H18O16. The Labute approximate surface area is 176 Å². The molecule has 16 heteroatoms. The van der Waals surface area contributed by atoms with Crippen LogP contribution in [0.2, 0.25) is 0 Å². The van der Waals surface area contributed by atoms with Crippen molar-refractivity contribution < 1.29 is 78.5 Å². The summed E-state index contributed by atoms with van der Waals surface area (Å²) in [6, 6.07) is 0. The van der Waals surface area contributed by atoms with E-state index < -0.39 is 97.5 Å². The van der Waals surface area contributed by atoms with E-state index in [9.17, 15) is 48.6 Å². The van der Waals surface area contributed by atoms with Gasteiger partial charge in [-0.15, -0.1) is 0 Å². The zero-order chi connectivity index (χ0) is 25.3. The normalized spacial score (nSPS) is 14.2. The van der Waals surface area contributed by atoms with Crippen LogP contribution in [0.1, 0.15) is 38.5 Å². The molecule has 0 rings (SSSR count). The van der Waals surface area contributed by atoms with Gasteiger partial charge in [-0.25, -0.2) is 9.59 Å². The average molecular weight is 466 g/mol. The van der Waals surface area contributed by atoms with Gasteiger partial charge in [-0.3, -0.25) is 28.8 Å². The summed E-state index contributed by atoms with van der Waals surface area (Å²) >= 11 is 0. The summed E-state index contributed by atoms with van der Waals surface area (Å²) in [7, 11) is 0. The Morgan fingerprint density at radius 3 is 1.00 bits per heavy atom. The Bertz CT molecular complexity index is 760. The lowest BCUT2D eigenvalue weighted by atomic mass is 9.96. The van der Waals surface area contributed by atoms with Crippen LogP contribution in [0.3, 0.4) is 0 Å². The van der Waals surface area contributed by atoms with Crippen LogP contribution >= 0.6 is 0 Å². The highest BCUT2D eigenvalue weighted by Crippen LogP contribution is 2.18. The van der Waals surface area contributed by atoms with Gasteiger partial charge in [0, 0.05) is 0 Å². The molecule has 0 bridgehead atoms. The van der Waals surface area contributed by atoms with E-state index in [1.807, 2.05) is 0 Å². The lowest BCUT2D eigenvalue weighted by Gasteiger charge is -2.20. The molecule has 16 nitrogen and oxygen atoms in total. The molecule has 0 amide bonds. The Balaban J connectivity index is 4.70. The molecule has 0 aromatic heterocycles. The fourth-order valence-electron chi connectivity index (χ4n) is 2.04. The fourth-order valence-corrected chi connectivity index (χ4v) is 2.04. The summed E-state index contributed by atoms with van der Waals surface area (Å²) < 4.78 is 8.24. The highest BCUT2D eigenvalue weighted by atomic mass is 16.6.